The number of fused-ring (bicyclic) bond motifs is 1. The smallest absolute Gasteiger partial charge is 0.148 e. The summed E-state index contributed by atoms with van der Waals surface area (Å²) >= 11 is 0. The monoisotopic (exact) mass is 1100 g/mol. The zero-order chi connectivity index (χ0) is 60.2. The van der Waals surface area contributed by atoms with Crippen LogP contribution >= 0.6 is 0 Å². The van der Waals surface area contributed by atoms with Gasteiger partial charge in [0.15, 0.2) is 0 Å². The Morgan fingerprint density at radius 2 is 1.38 bits per heavy atom. The number of rotatable bonds is 9. The molecular formula is C64H64N3OPt-. The summed E-state index contributed by atoms with van der Waals surface area (Å²) in [5.74, 6) is -0.625. The molecule has 9 aromatic rings. The van der Waals surface area contributed by atoms with Crippen molar-refractivity contribution in [3.63, 3.8) is 0 Å². The SMILES string of the molecule is [2H]c1nc(-c2[c-]c(-c3cccc4c3nc(-c3cc(C(C)(C)C)cc(C(C)(C)C)c3O)n4-c3ccc(-c4cc(C(C)C)cc(C([2H])(C)C)c4)cc3C([2H])([2H])[2H])cc(-c3ccccc3)c2)c([2H])c(-c2c([2H])c([2H])c(C([2H])([2H])[2H])c([2H])c2[2H])c1[2H].[Pt]. The van der Waals surface area contributed by atoms with Gasteiger partial charge in [-0.05, 0) is 117 Å². The molecule has 0 aliphatic heterocycles. The Labute approximate surface area is 444 Å². The van der Waals surface area contributed by atoms with Gasteiger partial charge in [-0.3, -0.25) is 9.55 Å². The van der Waals surface area contributed by atoms with Crippen LogP contribution in [-0.2, 0) is 31.9 Å². The van der Waals surface area contributed by atoms with Gasteiger partial charge in [0.1, 0.15) is 11.6 Å². The molecule has 0 fully saturated rings. The van der Waals surface area contributed by atoms with Gasteiger partial charge in [-0.1, -0.05) is 194 Å². The predicted octanol–water partition coefficient (Wildman–Crippen LogP) is 17.4. The molecule has 4 nitrogen and oxygen atoms in total. The average molecular weight is 1100 g/mol. The summed E-state index contributed by atoms with van der Waals surface area (Å²) in [4.78, 5) is 9.85. The summed E-state index contributed by atoms with van der Waals surface area (Å²) in [7, 11) is 0. The Balaban J connectivity index is 0.00000900. The van der Waals surface area contributed by atoms with Crippen molar-refractivity contribution in [3.8, 4) is 78.6 Å². The maximum absolute atomic E-state index is 12.6. The molecular weight excluding hydrogens is 1020 g/mol. The largest absolute Gasteiger partial charge is 0.507 e. The fraction of sp³-hybridized carbons (Fsp3) is 0.250. The first-order valence-electron chi connectivity index (χ1n) is 29.9. The van der Waals surface area contributed by atoms with Gasteiger partial charge in [0.05, 0.1) is 31.9 Å². The third-order valence-corrected chi connectivity index (χ3v) is 12.5. The number of nitrogens with zero attached hydrogens (tertiary/aromatic N) is 3. The molecule has 2 aromatic heterocycles. The van der Waals surface area contributed by atoms with E-state index in [4.69, 9.17) is 18.7 Å². The third kappa shape index (κ3) is 9.93. The molecule has 352 valence electrons. The number of phenols is 1. The summed E-state index contributed by atoms with van der Waals surface area (Å²) in [6, 6.07) is 32.4. The topological polar surface area (TPSA) is 50.9 Å². The van der Waals surface area contributed by atoms with Crippen LogP contribution in [0.5, 0.6) is 5.75 Å². The van der Waals surface area contributed by atoms with Crippen LogP contribution in [-0.4, -0.2) is 19.6 Å². The number of imidazole rings is 1. The number of aryl methyl sites for hydroxylation is 1. The van der Waals surface area contributed by atoms with Gasteiger partial charge >= 0.3 is 0 Å². The number of benzene rings is 7. The van der Waals surface area contributed by atoms with Crippen molar-refractivity contribution in [2.45, 2.75) is 106 Å². The number of pyridine rings is 1. The van der Waals surface area contributed by atoms with E-state index in [1.807, 2.05) is 120 Å². The maximum atomic E-state index is 12.6. The molecule has 0 bridgehead atoms. The number of aromatic nitrogens is 3. The van der Waals surface area contributed by atoms with Gasteiger partial charge in [0.2, 0.25) is 0 Å². The minimum Gasteiger partial charge on any atom is -0.507 e. The minimum absolute atomic E-state index is 0. The molecule has 0 aliphatic rings. The van der Waals surface area contributed by atoms with E-state index in [1.54, 1.807) is 28.8 Å². The quantitative estimate of drug-likeness (QED) is 0.147. The summed E-state index contributed by atoms with van der Waals surface area (Å²) in [6.07, 6.45) is -0.653. The zero-order valence-electron chi connectivity index (χ0n) is 54.6. The normalized spacial score (nSPS) is 15.4. The molecule has 7 aromatic carbocycles. The summed E-state index contributed by atoms with van der Waals surface area (Å²) in [6.45, 7) is 14.3. The van der Waals surface area contributed by atoms with Crippen LogP contribution in [0.3, 0.4) is 0 Å². The molecule has 0 unspecified atom stereocenters. The van der Waals surface area contributed by atoms with Gasteiger partial charge in [-0.25, -0.2) is 4.98 Å². The molecule has 0 saturated carbocycles. The second-order valence-corrected chi connectivity index (χ2v) is 20.1. The summed E-state index contributed by atoms with van der Waals surface area (Å²) in [5, 5.41) is 12.6. The van der Waals surface area contributed by atoms with E-state index < -0.39 is 89.5 Å². The van der Waals surface area contributed by atoms with Crippen LogP contribution in [0.4, 0.5) is 0 Å². The van der Waals surface area contributed by atoms with Gasteiger partial charge in [-0.15, -0.1) is 23.8 Å². The average Bonchev–Trinajstić information content (AvgIpc) is 4.04. The van der Waals surface area contributed by atoms with Crippen LogP contribution in [0.2, 0.25) is 0 Å². The zero-order valence-corrected chi connectivity index (χ0v) is 42.8. The predicted molar refractivity (Wildman–Crippen MR) is 287 cm³/mol. The molecule has 0 atom stereocenters. The van der Waals surface area contributed by atoms with E-state index >= 15 is 0 Å². The van der Waals surface area contributed by atoms with Gasteiger partial charge in [-0.2, -0.15) is 0 Å². The van der Waals surface area contributed by atoms with E-state index in [2.05, 4.69) is 45.7 Å². The maximum Gasteiger partial charge on any atom is 0.148 e. The minimum atomic E-state index is -3.01. The third-order valence-electron chi connectivity index (χ3n) is 12.5. The number of hydrogen-bond donors (Lipinski definition) is 1. The first-order chi connectivity index (χ1) is 38.0. The first-order valence-corrected chi connectivity index (χ1v) is 22.9. The van der Waals surface area contributed by atoms with E-state index in [9.17, 15) is 10.6 Å². The van der Waals surface area contributed by atoms with Crippen molar-refractivity contribution >= 4 is 11.0 Å². The van der Waals surface area contributed by atoms with Gasteiger partial charge in [0, 0.05) is 48.1 Å². The Kier molecular flexibility index (Phi) is 9.47. The summed E-state index contributed by atoms with van der Waals surface area (Å²) in [5.41, 5.74) is 5.57. The first kappa shape index (κ1) is 34.0. The number of aromatic hydroxyl groups is 1. The molecule has 1 N–H and O–H groups in total. The second kappa shape index (κ2) is 19.2. The van der Waals surface area contributed by atoms with Gasteiger partial charge in [0.25, 0.3) is 0 Å². The molecule has 0 radical (unpaired) electrons. The van der Waals surface area contributed by atoms with Crippen LogP contribution in [0.15, 0.2) is 152 Å². The molecule has 2 heterocycles. The van der Waals surface area contributed by atoms with Crippen molar-refractivity contribution in [2.75, 3.05) is 0 Å². The molecule has 0 saturated heterocycles. The molecule has 5 heteroatoms. The van der Waals surface area contributed by atoms with Crippen molar-refractivity contribution in [2.24, 2.45) is 0 Å². The molecule has 69 heavy (non-hydrogen) atoms. The molecule has 0 aliphatic carbocycles. The Morgan fingerprint density at radius 1 is 0.652 bits per heavy atom. The second-order valence-electron chi connectivity index (χ2n) is 20.1. The number of para-hydroxylation sites is 1. The van der Waals surface area contributed by atoms with Crippen LogP contribution < -0.4 is 0 Å². The fourth-order valence-electron chi connectivity index (χ4n) is 8.55. The van der Waals surface area contributed by atoms with Crippen molar-refractivity contribution in [3.05, 3.63) is 191 Å². The van der Waals surface area contributed by atoms with Crippen molar-refractivity contribution in [1.82, 2.24) is 14.5 Å². The number of hydrogen-bond acceptors (Lipinski definition) is 3. The molecule has 0 amide bonds. The van der Waals surface area contributed by atoms with Crippen molar-refractivity contribution < 1.29 is 45.4 Å². The van der Waals surface area contributed by atoms with E-state index in [1.165, 1.54) is 0 Å². The van der Waals surface area contributed by atoms with E-state index in [-0.39, 0.29) is 61.1 Å². The van der Waals surface area contributed by atoms with Crippen LogP contribution in [0, 0.1) is 19.8 Å². The van der Waals surface area contributed by atoms with Crippen LogP contribution in [0.1, 0.15) is 134 Å². The summed E-state index contributed by atoms with van der Waals surface area (Å²) < 4.78 is 125. The van der Waals surface area contributed by atoms with Crippen LogP contribution in [0.25, 0.3) is 83.9 Å². The van der Waals surface area contributed by atoms with E-state index in [0.717, 1.165) is 27.8 Å². The Morgan fingerprint density at radius 3 is 2.06 bits per heavy atom. The Bertz CT molecular complexity index is 4000. The Hall–Kier alpha value is -6.35. The fourth-order valence-corrected chi connectivity index (χ4v) is 8.55. The van der Waals surface area contributed by atoms with Gasteiger partial charge < -0.3 is 5.11 Å². The number of phenolic OH excluding ortho intramolecular Hbond substituents is 1. The van der Waals surface area contributed by atoms with E-state index in [0.29, 0.717) is 44.4 Å². The molecule has 0 spiro atoms. The van der Waals surface area contributed by atoms with Crippen molar-refractivity contribution in [1.29, 1.82) is 0 Å². The molecule has 9 rings (SSSR count). The standard InChI is InChI=1S/C64H64N3O.Pt/c1-39(2)47-30-48(40(3)4)32-50(31-47)45-25-26-58(42(6)29-45)67-59-20-16-19-54(60(59)66-62(67)55-37-53(63(7,8)9)38-56(61(55)68)64(10,11)12)51-33-49(43-17-14-13-15-18-43)34-52(35-51)57-36-46(27-28-65-57)44-23-21-41(5)22-24-44;/h13-34,36-40,68H,1-12H3;/q-1;/i5D3,6D3,21D,22D,23D,24D,27D,28D,36D,39D;.